The van der Waals surface area contributed by atoms with E-state index < -0.39 is 6.04 Å². The van der Waals surface area contributed by atoms with Crippen molar-refractivity contribution in [1.82, 2.24) is 0 Å². The summed E-state index contributed by atoms with van der Waals surface area (Å²) >= 11 is 0. The van der Waals surface area contributed by atoms with Crippen LogP contribution in [0.4, 0.5) is 5.69 Å². The second kappa shape index (κ2) is 6.53. The van der Waals surface area contributed by atoms with Gasteiger partial charge in [-0.25, -0.2) is 0 Å². The Morgan fingerprint density at radius 1 is 1.21 bits per heavy atom. The van der Waals surface area contributed by atoms with E-state index in [4.69, 9.17) is 5.73 Å². The summed E-state index contributed by atoms with van der Waals surface area (Å²) in [6.45, 7) is 8.56. The molecule has 2 N–H and O–H groups in total. The molecule has 0 aliphatic carbocycles. The van der Waals surface area contributed by atoms with E-state index in [-0.39, 0.29) is 11.3 Å². The van der Waals surface area contributed by atoms with Crippen molar-refractivity contribution in [2.24, 2.45) is 11.1 Å². The molecule has 3 heteroatoms. The van der Waals surface area contributed by atoms with Gasteiger partial charge in [-0.1, -0.05) is 58.0 Å². The second-order valence-electron chi connectivity index (χ2n) is 4.99. The molecule has 0 fully saturated rings. The van der Waals surface area contributed by atoms with Gasteiger partial charge in [0.05, 0.1) is 6.04 Å². The zero-order valence-electron chi connectivity index (χ0n) is 12.3. The number of nitrogens with two attached hydrogens (primary N) is 1. The maximum Gasteiger partial charge on any atom is 0.245 e. The summed E-state index contributed by atoms with van der Waals surface area (Å²) in [6.07, 6.45) is 4.04. The zero-order chi connectivity index (χ0) is 14.5. The van der Waals surface area contributed by atoms with E-state index in [0.717, 1.165) is 5.69 Å². The Balaban J connectivity index is 0.000000861. The molecule has 0 saturated carbocycles. The number of hydrogen-bond acceptors (Lipinski definition) is 2. The molecule has 2 rings (SSSR count). The fourth-order valence-corrected chi connectivity index (χ4v) is 1.98. The molecule has 1 atom stereocenters. The molecule has 1 aromatic rings. The molecule has 1 amide bonds. The number of benzene rings is 1. The van der Waals surface area contributed by atoms with Crippen LogP contribution in [-0.4, -0.2) is 18.5 Å². The normalized spacial score (nSPS) is 21.4. The Hall–Kier alpha value is -1.61. The number of nitrogens with zero attached hydrogens (tertiary/aromatic N) is 1. The highest BCUT2D eigenvalue weighted by Gasteiger charge is 2.35. The summed E-state index contributed by atoms with van der Waals surface area (Å²) in [5.74, 6) is -0.0220. The van der Waals surface area contributed by atoms with E-state index in [1.807, 2.05) is 70.2 Å². The van der Waals surface area contributed by atoms with Crippen LogP contribution < -0.4 is 10.6 Å². The predicted molar refractivity (Wildman–Crippen MR) is 81.0 cm³/mol. The van der Waals surface area contributed by atoms with E-state index in [9.17, 15) is 4.79 Å². The summed E-state index contributed by atoms with van der Waals surface area (Å²) < 4.78 is 0. The van der Waals surface area contributed by atoms with Gasteiger partial charge in [0.25, 0.3) is 0 Å². The SMILES string of the molecule is CC.CC1(C)C=CCN(c2ccccc2)C(=O)C1N. The van der Waals surface area contributed by atoms with Gasteiger partial charge in [-0.2, -0.15) is 0 Å². The van der Waals surface area contributed by atoms with Gasteiger partial charge in [0, 0.05) is 17.6 Å². The van der Waals surface area contributed by atoms with Gasteiger partial charge in [0.1, 0.15) is 0 Å². The topological polar surface area (TPSA) is 46.3 Å². The van der Waals surface area contributed by atoms with Gasteiger partial charge in [-0.15, -0.1) is 0 Å². The van der Waals surface area contributed by atoms with Crippen LogP contribution in [0.25, 0.3) is 0 Å². The Kier molecular flexibility index (Phi) is 5.31. The number of rotatable bonds is 1. The predicted octanol–water partition coefficient (Wildman–Crippen LogP) is 2.97. The highest BCUT2D eigenvalue weighted by atomic mass is 16.2. The lowest BCUT2D eigenvalue weighted by atomic mass is 9.84. The molecule has 19 heavy (non-hydrogen) atoms. The van der Waals surface area contributed by atoms with Gasteiger partial charge in [-0.3, -0.25) is 4.79 Å². The van der Waals surface area contributed by atoms with Crippen molar-refractivity contribution in [3.05, 3.63) is 42.5 Å². The number of hydrogen-bond donors (Lipinski definition) is 1. The minimum absolute atomic E-state index is 0.0220. The number of para-hydroxylation sites is 1. The molecule has 0 spiro atoms. The van der Waals surface area contributed by atoms with Gasteiger partial charge in [-0.05, 0) is 12.1 Å². The first-order valence-corrected chi connectivity index (χ1v) is 6.82. The highest BCUT2D eigenvalue weighted by Crippen LogP contribution is 2.27. The molecule has 0 bridgehead atoms. The van der Waals surface area contributed by atoms with Crippen molar-refractivity contribution in [2.45, 2.75) is 33.7 Å². The largest absolute Gasteiger partial charge is 0.319 e. The standard InChI is InChI=1S/C14H18N2O.C2H6/c1-14(2)9-6-10-16(13(17)12(14)15)11-7-4-3-5-8-11;1-2/h3-9,12H,10,15H2,1-2H3;1-2H3. The van der Waals surface area contributed by atoms with Crippen LogP contribution in [0.1, 0.15) is 27.7 Å². The molecule has 0 saturated heterocycles. The quantitative estimate of drug-likeness (QED) is 0.789. The highest BCUT2D eigenvalue weighted by molar-refractivity contribution is 5.98. The monoisotopic (exact) mass is 260 g/mol. The van der Waals surface area contributed by atoms with Crippen molar-refractivity contribution in [3.8, 4) is 0 Å². The minimum atomic E-state index is -0.499. The fraction of sp³-hybridized carbons (Fsp3) is 0.438. The Labute approximate surface area is 116 Å². The van der Waals surface area contributed by atoms with E-state index >= 15 is 0 Å². The molecule has 104 valence electrons. The van der Waals surface area contributed by atoms with Crippen LogP contribution in [0.3, 0.4) is 0 Å². The lowest BCUT2D eigenvalue weighted by Crippen LogP contribution is -2.49. The fourth-order valence-electron chi connectivity index (χ4n) is 1.98. The maximum atomic E-state index is 12.3. The molecular formula is C16H24N2O. The molecular weight excluding hydrogens is 236 g/mol. The summed E-state index contributed by atoms with van der Waals surface area (Å²) in [4.78, 5) is 14.1. The molecule has 1 heterocycles. The van der Waals surface area contributed by atoms with Crippen LogP contribution >= 0.6 is 0 Å². The van der Waals surface area contributed by atoms with Gasteiger partial charge in [0.15, 0.2) is 0 Å². The zero-order valence-corrected chi connectivity index (χ0v) is 12.3. The van der Waals surface area contributed by atoms with Crippen LogP contribution in [-0.2, 0) is 4.79 Å². The average Bonchev–Trinajstić information content (AvgIpc) is 2.54. The summed E-state index contributed by atoms with van der Waals surface area (Å²) in [5, 5.41) is 0. The summed E-state index contributed by atoms with van der Waals surface area (Å²) in [5.41, 5.74) is 6.65. The van der Waals surface area contributed by atoms with Crippen molar-refractivity contribution in [2.75, 3.05) is 11.4 Å². The Bertz CT molecular complexity index is 437. The molecule has 0 aromatic heterocycles. The third-order valence-corrected chi connectivity index (χ3v) is 3.24. The van der Waals surface area contributed by atoms with Crippen molar-refractivity contribution >= 4 is 11.6 Å². The van der Waals surface area contributed by atoms with Crippen LogP contribution in [0, 0.1) is 5.41 Å². The first-order chi connectivity index (χ1) is 9.02. The van der Waals surface area contributed by atoms with Crippen LogP contribution in [0.2, 0.25) is 0 Å². The van der Waals surface area contributed by atoms with Gasteiger partial charge >= 0.3 is 0 Å². The van der Waals surface area contributed by atoms with Gasteiger partial charge < -0.3 is 10.6 Å². The van der Waals surface area contributed by atoms with E-state index in [2.05, 4.69) is 0 Å². The van der Waals surface area contributed by atoms with Crippen molar-refractivity contribution in [1.29, 1.82) is 0 Å². The van der Waals surface area contributed by atoms with Crippen LogP contribution in [0.5, 0.6) is 0 Å². The molecule has 1 aliphatic rings. The molecule has 0 radical (unpaired) electrons. The molecule has 3 nitrogen and oxygen atoms in total. The lowest BCUT2D eigenvalue weighted by Gasteiger charge is -2.29. The van der Waals surface area contributed by atoms with Crippen LogP contribution in [0.15, 0.2) is 42.5 Å². The minimum Gasteiger partial charge on any atom is -0.319 e. The third-order valence-electron chi connectivity index (χ3n) is 3.24. The lowest BCUT2D eigenvalue weighted by molar-refractivity contribution is -0.121. The number of amides is 1. The number of anilines is 1. The third kappa shape index (κ3) is 3.44. The first-order valence-electron chi connectivity index (χ1n) is 6.82. The van der Waals surface area contributed by atoms with Crippen molar-refractivity contribution in [3.63, 3.8) is 0 Å². The Morgan fingerprint density at radius 3 is 2.37 bits per heavy atom. The maximum absolute atomic E-state index is 12.3. The van der Waals surface area contributed by atoms with E-state index in [1.54, 1.807) is 4.90 Å². The second-order valence-corrected chi connectivity index (χ2v) is 4.99. The summed E-state index contributed by atoms with van der Waals surface area (Å²) in [7, 11) is 0. The molecule has 1 aliphatic heterocycles. The first kappa shape index (κ1) is 15.4. The van der Waals surface area contributed by atoms with E-state index in [1.165, 1.54) is 0 Å². The smallest absolute Gasteiger partial charge is 0.245 e. The van der Waals surface area contributed by atoms with E-state index in [0.29, 0.717) is 6.54 Å². The number of carbonyl (C=O) groups excluding carboxylic acids is 1. The average molecular weight is 260 g/mol. The Morgan fingerprint density at radius 2 is 1.79 bits per heavy atom. The molecule has 1 unspecified atom stereocenters. The number of carbonyl (C=O) groups is 1. The van der Waals surface area contributed by atoms with Gasteiger partial charge in [0.2, 0.25) is 5.91 Å². The van der Waals surface area contributed by atoms with Crippen molar-refractivity contribution < 1.29 is 4.79 Å². The molecule has 1 aromatic carbocycles. The summed E-state index contributed by atoms with van der Waals surface area (Å²) in [6, 6.07) is 9.14.